The van der Waals surface area contributed by atoms with E-state index in [1.54, 1.807) is 7.11 Å². The highest BCUT2D eigenvalue weighted by molar-refractivity contribution is 7.09. The zero-order valence-corrected chi connectivity index (χ0v) is 21.6. The molecule has 0 bridgehead atoms. The number of ether oxygens (including phenoxy) is 1. The van der Waals surface area contributed by atoms with E-state index < -0.39 is 5.97 Å². The summed E-state index contributed by atoms with van der Waals surface area (Å²) in [5, 5.41) is 12.6. The Labute approximate surface area is 213 Å². The number of carbonyl (C=O) groups is 1. The van der Waals surface area contributed by atoms with E-state index in [1.165, 1.54) is 41.5 Å². The Morgan fingerprint density at radius 3 is 2.86 bits per heavy atom. The summed E-state index contributed by atoms with van der Waals surface area (Å²) < 4.78 is 5.42. The number of carboxylic acid groups (broad SMARTS) is 1. The summed E-state index contributed by atoms with van der Waals surface area (Å²) in [6, 6.07) is 12.6. The van der Waals surface area contributed by atoms with Gasteiger partial charge in [0, 0.05) is 29.4 Å². The van der Waals surface area contributed by atoms with Gasteiger partial charge in [-0.1, -0.05) is 6.07 Å². The van der Waals surface area contributed by atoms with Crippen LogP contribution in [0.3, 0.4) is 0 Å². The van der Waals surface area contributed by atoms with Gasteiger partial charge in [-0.15, -0.1) is 11.3 Å². The topological polar surface area (TPSA) is 62.7 Å². The van der Waals surface area contributed by atoms with E-state index in [0.29, 0.717) is 11.8 Å². The van der Waals surface area contributed by atoms with E-state index in [9.17, 15) is 9.90 Å². The van der Waals surface area contributed by atoms with Crippen LogP contribution < -0.4 is 4.74 Å². The molecule has 2 aromatic heterocycles. The summed E-state index contributed by atoms with van der Waals surface area (Å²) in [6.07, 6.45) is 11.1. The van der Waals surface area contributed by atoms with Gasteiger partial charge in [0.1, 0.15) is 5.75 Å². The number of aryl methyl sites for hydroxylation is 2. The first kappa shape index (κ1) is 25.6. The Hall–Kier alpha value is -2.44. The highest BCUT2D eigenvalue weighted by atomic mass is 32.1. The van der Waals surface area contributed by atoms with Gasteiger partial charge in [-0.25, -0.2) is 0 Å². The first-order chi connectivity index (χ1) is 17.1. The summed E-state index contributed by atoms with van der Waals surface area (Å²) in [5.74, 6) is 1.28. The van der Waals surface area contributed by atoms with Crippen LogP contribution in [0.1, 0.15) is 55.4 Å². The number of hydrogen-bond acceptors (Lipinski definition) is 5. The van der Waals surface area contributed by atoms with Gasteiger partial charge >= 0.3 is 5.97 Å². The lowest BCUT2D eigenvalue weighted by Crippen LogP contribution is -2.41. The average Bonchev–Trinajstić information content (AvgIpc) is 3.39. The van der Waals surface area contributed by atoms with Gasteiger partial charge in [0.25, 0.3) is 0 Å². The molecule has 1 aliphatic heterocycles. The van der Waals surface area contributed by atoms with Crippen LogP contribution in [0.5, 0.6) is 5.75 Å². The van der Waals surface area contributed by atoms with Crippen LogP contribution in [-0.2, 0) is 17.6 Å². The summed E-state index contributed by atoms with van der Waals surface area (Å²) in [6.45, 7) is 3.32. The summed E-state index contributed by atoms with van der Waals surface area (Å²) in [5.41, 5.74) is 2.33. The third kappa shape index (κ3) is 7.52. The zero-order chi connectivity index (χ0) is 24.5. The van der Waals surface area contributed by atoms with Crippen LogP contribution >= 0.6 is 11.3 Å². The Morgan fingerprint density at radius 1 is 1.14 bits per heavy atom. The lowest BCUT2D eigenvalue weighted by molar-refractivity contribution is -0.137. The van der Waals surface area contributed by atoms with Crippen molar-refractivity contribution >= 4 is 28.2 Å². The molecule has 1 aliphatic rings. The quantitative estimate of drug-likeness (QED) is 0.277. The molecular weight excluding hydrogens is 456 g/mol. The third-order valence-electron chi connectivity index (χ3n) is 7.49. The van der Waals surface area contributed by atoms with Crippen LogP contribution in [0.25, 0.3) is 10.9 Å². The Balaban J connectivity index is 1.29. The van der Waals surface area contributed by atoms with E-state index >= 15 is 0 Å². The van der Waals surface area contributed by atoms with Crippen molar-refractivity contribution in [2.24, 2.45) is 11.8 Å². The van der Waals surface area contributed by atoms with Crippen molar-refractivity contribution in [3.63, 3.8) is 0 Å². The largest absolute Gasteiger partial charge is 0.497 e. The third-order valence-corrected chi connectivity index (χ3v) is 8.43. The second-order valence-electron chi connectivity index (χ2n) is 9.82. The number of pyridine rings is 1. The SMILES string of the molecule is COc1ccc2nccc(CCCC3CCN(CCCCc4cccs4)CC3CCC(=O)O)c2c1. The van der Waals surface area contributed by atoms with E-state index in [1.807, 2.05) is 29.7 Å². The molecule has 0 saturated carbocycles. The predicted molar refractivity (Wildman–Crippen MR) is 143 cm³/mol. The molecule has 1 fully saturated rings. The molecule has 4 rings (SSSR count). The molecule has 35 heavy (non-hydrogen) atoms. The van der Waals surface area contributed by atoms with Gasteiger partial charge in [-0.2, -0.15) is 0 Å². The number of unbranched alkanes of at least 4 members (excludes halogenated alkanes) is 1. The van der Waals surface area contributed by atoms with Crippen molar-refractivity contribution in [1.82, 2.24) is 9.88 Å². The number of fused-ring (bicyclic) bond motifs is 1. The molecule has 2 unspecified atom stereocenters. The number of thiophene rings is 1. The molecule has 6 heteroatoms. The van der Waals surface area contributed by atoms with Crippen molar-refractivity contribution < 1.29 is 14.6 Å². The lowest BCUT2D eigenvalue weighted by Gasteiger charge is -2.39. The van der Waals surface area contributed by atoms with Crippen molar-refractivity contribution in [2.75, 3.05) is 26.7 Å². The fourth-order valence-electron chi connectivity index (χ4n) is 5.55. The number of methoxy groups -OCH3 is 1. The predicted octanol–water partition coefficient (Wildman–Crippen LogP) is 6.45. The van der Waals surface area contributed by atoms with Crippen molar-refractivity contribution in [3.05, 3.63) is 58.4 Å². The van der Waals surface area contributed by atoms with Gasteiger partial charge in [-0.05, 0) is 118 Å². The standard InChI is InChI=1S/C29H38N2O3S/c1-34-25-11-12-28-27(20-25)23(14-16-30-28)7-4-6-22-15-18-31(21-24(22)10-13-29(32)33)17-3-2-8-26-9-5-19-35-26/h5,9,11-12,14,16,19-20,22,24H,2-4,6-8,10,13,15,17-18,21H2,1H3,(H,32,33). The van der Waals surface area contributed by atoms with Crippen molar-refractivity contribution in [3.8, 4) is 5.75 Å². The second-order valence-corrected chi connectivity index (χ2v) is 10.9. The first-order valence-electron chi connectivity index (χ1n) is 13.0. The van der Waals surface area contributed by atoms with E-state index in [2.05, 4.69) is 39.5 Å². The fourth-order valence-corrected chi connectivity index (χ4v) is 6.30. The van der Waals surface area contributed by atoms with Gasteiger partial charge in [-0.3, -0.25) is 9.78 Å². The van der Waals surface area contributed by atoms with Gasteiger partial charge < -0.3 is 14.7 Å². The highest BCUT2D eigenvalue weighted by Crippen LogP contribution is 2.32. The summed E-state index contributed by atoms with van der Waals surface area (Å²) in [4.78, 5) is 19.9. The minimum Gasteiger partial charge on any atom is -0.497 e. The zero-order valence-electron chi connectivity index (χ0n) is 20.8. The molecule has 188 valence electrons. The van der Waals surface area contributed by atoms with Crippen LogP contribution in [0.2, 0.25) is 0 Å². The fraction of sp³-hybridized carbons (Fsp3) is 0.517. The maximum Gasteiger partial charge on any atom is 0.303 e. The minimum absolute atomic E-state index is 0.280. The van der Waals surface area contributed by atoms with Crippen molar-refractivity contribution in [1.29, 1.82) is 0 Å². The maximum atomic E-state index is 11.3. The summed E-state index contributed by atoms with van der Waals surface area (Å²) >= 11 is 1.85. The maximum absolute atomic E-state index is 11.3. The number of hydrogen-bond donors (Lipinski definition) is 1. The van der Waals surface area contributed by atoms with Gasteiger partial charge in [0.05, 0.1) is 12.6 Å². The molecule has 5 nitrogen and oxygen atoms in total. The normalized spacial score (nSPS) is 18.7. The average molecular weight is 495 g/mol. The van der Waals surface area contributed by atoms with Crippen LogP contribution in [0.4, 0.5) is 0 Å². The molecule has 0 spiro atoms. The van der Waals surface area contributed by atoms with E-state index in [-0.39, 0.29) is 6.42 Å². The van der Waals surface area contributed by atoms with Gasteiger partial charge in [0.15, 0.2) is 0 Å². The number of aromatic nitrogens is 1. The molecule has 0 radical (unpaired) electrons. The number of rotatable bonds is 13. The second kappa shape index (κ2) is 13.0. The van der Waals surface area contributed by atoms with Crippen LogP contribution in [0.15, 0.2) is 48.0 Å². The van der Waals surface area contributed by atoms with Crippen LogP contribution in [-0.4, -0.2) is 47.7 Å². The number of benzene rings is 1. The molecule has 1 saturated heterocycles. The Bertz CT molecular complexity index is 1070. The number of aliphatic carboxylic acids is 1. The number of carboxylic acids is 1. The first-order valence-corrected chi connectivity index (χ1v) is 13.9. The van der Waals surface area contributed by atoms with Crippen LogP contribution in [0, 0.1) is 11.8 Å². The Kier molecular flexibility index (Phi) is 9.55. The molecule has 3 aromatic rings. The molecule has 0 amide bonds. The molecular formula is C29H38N2O3S. The molecule has 2 atom stereocenters. The van der Waals surface area contributed by atoms with Crippen molar-refractivity contribution in [2.45, 2.75) is 57.8 Å². The Morgan fingerprint density at radius 2 is 2.06 bits per heavy atom. The van der Waals surface area contributed by atoms with E-state index in [0.717, 1.165) is 56.6 Å². The van der Waals surface area contributed by atoms with Gasteiger partial charge in [0.2, 0.25) is 0 Å². The minimum atomic E-state index is -0.672. The lowest BCUT2D eigenvalue weighted by atomic mass is 9.79. The molecule has 1 N–H and O–H groups in total. The number of nitrogens with zero attached hydrogens (tertiary/aromatic N) is 2. The smallest absolute Gasteiger partial charge is 0.303 e. The monoisotopic (exact) mass is 494 g/mol. The number of likely N-dealkylation sites (tertiary alicyclic amines) is 1. The van der Waals surface area contributed by atoms with E-state index in [4.69, 9.17) is 4.74 Å². The molecule has 3 heterocycles. The number of piperidine rings is 1. The highest BCUT2D eigenvalue weighted by Gasteiger charge is 2.29. The summed E-state index contributed by atoms with van der Waals surface area (Å²) in [7, 11) is 1.70. The molecule has 1 aromatic carbocycles. The molecule has 0 aliphatic carbocycles.